The maximum atomic E-state index is 13.3. The Kier molecular flexibility index (Phi) is 6.04. The molecule has 6 heteroatoms. The highest BCUT2D eigenvalue weighted by atomic mass is 16.3. The lowest BCUT2D eigenvalue weighted by Crippen LogP contribution is -2.36. The number of rotatable bonds is 7. The van der Waals surface area contributed by atoms with E-state index in [1.165, 1.54) is 0 Å². The molecule has 1 aromatic carbocycles. The van der Waals surface area contributed by atoms with Gasteiger partial charge in [0, 0.05) is 41.1 Å². The van der Waals surface area contributed by atoms with Crippen molar-refractivity contribution in [1.29, 1.82) is 10.5 Å². The van der Waals surface area contributed by atoms with Crippen LogP contribution in [0.25, 0.3) is 11.8 Å². The number of fused-ring (bicyclic) bond motifs is 2. The first-order chi connectivity index (χ1) is 15.0. The number of hydrogen-bond acceptors (Lipinski definition) is 5. The van der Waals surface area contributed by atoms with Crippen molar-refractivity contribution in [3.63, 3.8) is 0 Å². The molecule has 2 saturated heterocycles. The first kappa shape index (κ1) is 21.1. The van der Waals surface area contributed by atoms with Crippen LogP contribution in [0.3, 0.4) is 0 Å². The fraction of sp³-hybridized carbons (Fsp3) is 0.400. The maximum absolute atomic E-state index is 13.3. The smallest absolute Gasteiger partial charge is 0.178 e. The van der Waals surface area contributed by atoms with Gasteiger partial charge in [-0.15, -0.1) is 0 Å². The number of aliphatic hydroxyl groups excluding tert-OH is 1. The summed E-state index contributed by atoms with van der Waals surface area (Å²) < 4.78 is 2.02. The van der Waals surface area contributed by atoms with Gasteiger partial charge in [-0.3, -0.25) is 9.69 Å². The number of unbranched alkanes of at least 4 members (excludes halogenated alkanes) is 1. The van der Waals surface area contributed by atoms with Crippen molar-refractivity contribution in [2.45, 2.75) is 57.2 Å². The summed E-state index contributed by atoms with van der Waals surface area (Å²) in [6, 6.07) is 13.9. The highest BCUT2D eigenvalue weighted by Gasteiger charge is 2.46. The Labute approximate surface area is 182 Å². The predicted octanol–water partition coefficient (Wildman–Crippen LogP) is 3.75. The molecule has 158 valence electrons. The van der Waals surface area contributed by atoms with Gasteiger partial charge in [-0.2, -0.15) is 10.5 Å². The molecule has 3 atom stereocenters. The van der Waals surface area contributed by atoms with Gasteiger partial charge in [0.15, 0.2) is 5.78 Å². The average molecular weight is 415 g/mol. The molecule has 0 radical (unpaired) electrons. The summed E-state index contributed by atoms with van der Waals surface area (Å²) in [6.07, 6.45) is 7.42. The molecule has 2 unspecified atom stereocenters. The molecular formula is C25H26N4O2. The molecule has 1 N–H and O–H groups in total. The molecule has 2 aliphatic heterocycles. The van der Waals surface area contributed by atoms with Crippen molar-refractivity contribution in [1.82, 2.24) is 9.47 Å². The zero-order valence-electron chi connectivity index (χ0n) is 17.7. The second-order valence-electron chi connectivity index (χ2n) is 8.36. The van der Waals surface area contributed by atoms with Crippen LogP contribution < -0.4 is 0 Å². The molecule has 0 saturated carbocycles. The largest absolute Gasteiger partial charge is 0.391 e. The number of aliphatic hydroxyl groups is 1. The summed E-state index contributed by atoms with van der Waals surface area (Å²) in [7, 11) is 0. The van der Waals surface area contributed by atoms with Gasteiger partial charge >= 0.3 is 0 Å². The molecular weight excluding hydrogens is 388 g/mol. The van der Waals surface area contributed by atoms with E-state index in [4.69, 9.17) is 10.5 Å². The van der Waals surface area contributed by atoms with E-state index in [2.05, 4.69) is 17.0 Å². The van der Waals surface area contributed by atoms with E-state index in [9.17, 15) is 9.90 Å². The molecule has 31 heavy (non-hydrogen) atoms. The van der Waals surface area contributed by atoms with Gasteiger partial charge in [0.25, 0.3) is 0 Å². The number of benzene rings is 1. The second kappa shape index (κ2) is 8.89. The van der Waals surface area contributed by atoms with Gasteiger partial charge in [0.1, 0.15) is 0 Å². The molecule has 6 nitrogen and oxygen atoms in total. The van der Waals surface area contributed by atoms with E-state index in [0.29, 0.717) is 36.6 Å². The monoisotopic (exact) mass is 414 g/mol. The minimum absolute atomic E-state index is 0.0579. The summed E-state index contributed by atoms with van der Waals surface area (Å²) >= 11 is 0. The van der Waals surface area contributed by atoms with E-state index < -0.39 is 0 Å². The van der Waals surface area contributed by atoms with Crippen LogP contribution >= 0.6 is 0 Å². The Morgan fingerprint density at radius 3 is 2.65 bits per heavy atom. The number of Topliss-reactive ketones (excluding diaryl/α,β-unsaturated/α-hetero) is 1. The van der Waals surface area contributed by atoms with Crippen LogP contribution in [0.2, 0.25) is 0 Å². The van der Waals surface area contributed by atoms with Crippen LogP contribution in [0.4, 0.5) is 0 Å². The molecule has 1 aromatic heterocycles. The topological polar surface area (TPSA) is 93.1 Å². The number of carbonyl (C=O) groups is 1. The van der Waals surface area contributed by atoms with Crippen molar-refractivity contribution in [2.75, 3.05) is 6.54 Å². The van der Waals surface area contributed by atoms with Gasteiger partial charge in [-0.1, -0.05) is 6.08 Å². The van der Waals surface area contributed by atoms with Crippen molar-refractivity contribution < 1.29 is 9.90 Å². The average Bonchev–Trinajstić information content (AvgIpc) is 3.41. The van der Waals surface area contributed by atoms with Crippen molar-refractivity contribution in [2.24, 2.45) is 0 Å². The Balaban J connectivity index is 1.65. The number of nitrogens with zero attached hydrogens (tertiary/aromatic N) is 4. The molecule has 2 bridgehead atoms. The SMILES string of the molecule is Cc1c(C(=O)CN2C3CCC2[C@H](O)C3)cc(/C=C/CCC#N)n1-c1ccc(C#N)cc1. The van der Waals surface area contributed by atoms with Crippen molar-refractivity contribution in [3.05, 3.63) is 58.9 Å². The van der Waals surface area contributed by atoms with Crippen LogP contribution in [-0.2, 0) is 0 Å². The Bertz CT molecular complexity index is 1080. The lowest BCUT2D eigenvalue weighted by atomic mass is 9.98. The fourth-order valence-electron chi connectivity index (χ4n) is 4.98. The van der Waals surface area contributed by atoms with Crippen LogP contribution in [0.1, 0.15) is 59.4 Å². The Morgan fingerprint density at radius 2 is 2.03 bits per heavy atom. The van der Waals surface area contributed by atoms with E-state index in [1.54, 1.807) is 12.1 Å². The Morgan fingerprint density at radius 1 is 1.26 bits per heavy atom. The first-order valence-corrected chi connectivity index (χ1v) is 10.8. The van der Waals surface area contributed by atoms with Gasteiger partial charge in [0.2, 0.25) is 0 Å². The highest BCUT2D eigenvalue weighted by molar-refractivity contribution is 5.99. The molecule has 2 aliphatic rings. The van der Waals surface area contributed by atoms with Crippen LogP contribution in [0.5, 0.6) is 0 Å². The molecule has 0 amide bonds. The molecule has 2 fully saturated rings. The first-order valence-electron chi connectivity index (χ1n) is 10.8. The molecule has 4 rings (SSSR count). The van der Waals surface area contributed by atoms with Crippen LogP contribution in [0, 0.1) is 29.6 Å². The third-order valence-electron chi connectivity index (χ3n) is 6.52. The lowest BCUT2D eigenvalue weighted by molar-refractivity contribution is 0.0873. The van der Waals surface area contributed by atoms with Crippen LogP contribution in [-0.4, -0.2) is 45.1 Å². The number of nitriles is 2. The van der Waals surface area contributed by atoms with Crippen molar-refractivity contribution >= 4 is 11.9 Å². The third-order valence-corrected chi connectivity index (χ3v) is 6.52. The summed E-state index contributed by atoms with van der Waals surface area (Å²) in [5.74, 6) is 0.0579. The van der Waals surface area contributed by atoms with Crippen LogP contribution in [0.15, 0.2) is 36.4 Å². The number of hydrogen-bond donors (Lipinski definition) is 1. The summed E-state index contributed by atoms with van der Waals surface area (Å²) in [5.41, 5.74) is 3.85. The second-order valence-corrected chi connectivity index (χ2v) is 8.36. The van der Waals surface area contributed by atoms with E-state index in [-0.39, 0.29) is 17.9 Å². The quantitative estimate of drug-likeness (QED) is 0.550. The fourth-order valence-corrected chi connectivity index (χ4v) is 4.98. The minimum atomic E-state index is -0.325. The van der Waals surface area contributed by atoms with Crippen molar-refractivity contribution in [3.8, 4) is 17.8 Å². The summed E-state index contributed by atoms with van der Waals surface area (Å²) in [5, 5.41) is 28.1. The minimum Gasteiger partial charge on any atom is -0.391 e. The lowest BCUT2D eigenvalue weighted by Gasteiger charge is -2.21. The predicted molar refractivity (Wildman–Crippen MR) is 118 cm³/mol. The highest BCUT2D eigenvalue weighted by Crippen LogP contribution is 2.37. The number of aromatic nitrogens is 1. The molecule has 0 aliphatic carbocycles. The third kappa shape index (κ3) is 4.05. The summed E-state index contributed by atoms with van der Waals surface area (Å²) in [4.78, 5) is 15.4. The number of ketones is 1. The van der Waals surface area contributed by atoms with E-state index >= 15 is 0 Å². The standard InChI is InChI=1S/C25H26N4O2/c1-17-22(25(31)16-28-20-10-11-23(28)24(30)14-20)13-21(5-3-2-4-12-26)29(17)19-8-6-18(15-27)7-9-19/h3,5-9,13,20,23-24,30H,2,4,10-11,14,16H2,1H3/b5-3+/t20?,23?,24-/m1/s1. The zero-order valence-corrected chi connectivity index (χ0v) is 17.7. The maximum Gasteiger partial charge on any atom is 0.178 e. The van der Waals surface area contributed by atoms with Gasteiger partial charge in [-0.05, 0) is 69.0 Å². The van der Waals surface area contributed by atoms with E-state index in [1.807, 2.05) is 41.8 Å². The molecule has 3 heterocycles. The number of carbonyl (C=O) groups excluding carboxylic acids is 1. The summed E-state index contributed by atoms with van der Waals surface area (Å²) in [6.45, 7) is 2.26. The Hall–Kier alpha value is -3.19. The molecule has 2 aromatic rings. The van der Waals surface area contributed by atoms with Gasteiger partial charge in [-0.25, -0.2) is 0 Å². The van der Waals surface area contributed by atoms with E-state index in [0.717, 1.165) is 36.3 Å². The van der Waals surface area contributed by atoms with Gasteiger partial charge in [0.05, 0.1) is 30.4 Å². The molecule has 0 spiro atoms. The van der Waals surface area contributed by atoms with Gasteiger partial charge < -0.3 is 9.67 Å². The zero-order chi connectivity index (χ0) is 22.0. The normalized spacial score (nSPS) is 22.6. The number of allylic oxidation sites excluding steroid dienone is 1.